The number of likely N-dealkylation sites (tertiary alicyclic amines) is 1. The highest BCUT2D eigenvalue weighted by Crippen LogP contribution is 2.29. The lowest BCUT2D eigenvalue weighted by Gasteiger charge is -2.34. The van der Waals surface area contributed by atoms with E-state index in [0.29, 0.717) is 41.5 Å². The van der Waals surface area contributed by atoms with Gasteiger partial charge in [-0.1, -0.05) is 41.4 Å². The Morgan fingerprint density at radius 2 is 1.59 bits per heavy atom. The fourth-order valence-electron chi connectivity index (χ4n) is 3.71. The minimum atomic E-state index is -0.585. The van der Waals surface area contributed by atoms with Gasteiger partial charge in [-0.3, -0.25) is 9.59 Å². The molecule has 2 aliphatic heterocycles. The van der Waals surface area contributed by atoms with E-state index in [1.54, 1.807) is 29.2 Å². The molecule has 29 heavy (non-hydrogen) atoms. The first-order chi connectivity index (χ1) is 13.9. The minimum Gasteiger partial charge on any atom is -0.439 e. The molecule has 150 valence electrons. The Bertz CT molecular complexity index is 953. The molecule has 0 spiro atoms. The smallest absolute Gasteiger partial charge is 0.417 e. The monoisotopic (exact) mass is 432 g/mol. The average Bonchev–Trinajstić information content (AvgIpc) is 3.08. The number of carbonyl (C=O) groups excluding carboxylic acids is 3. The molecular formula is C21H18Cl2N2O4. The lowest BCUT2D eigenvalue weighted by molar-refractivity contribution is -0.127. The predicted molar refractivity (Wildman–Crippen MR) is 109 cm³/mol. The first-order valence-electron chi connectivity index (χ1n) is 9.27. The van der Waals surface area contributed by atoms with Crippen LogP contribution < -0.4 is 0 Å². The molecule has 2 aromatic carbocycles. The van der Waals surface area contributed by atoms with Gasteiger partial charge in [-0.05, 0) is 48.2 Å². The van der Waals surface area contributed by atoms with E-state index >= 15 is 0 Å². The standard InChI is InChI=1S/C21H18Cl2N2O4/c22-17-6-5-15(11-18(17)23)13-1-3-14(4-2-13)20(27)24-9-7-16(8-10-24)25-19(26)12-29-21(25)28/h1-6,11,16H,7-10,12H2. The van der Waals surface area contributed by atoms with Gasteiger partial charge in [0, 0.05) is 24.7 Å². The van der Waals surface area contributed by atoms with Crippen molar-refractivity contribution in [3.63, 3.8) is 0 Å². The molecule has 0 bridgehead atoms. The maximum Gasteiger partial charge on any atom is 0.417 e. The highest BCUT2D eigenvalue weighted by molar-refractivity contribution is 6.42. The molecule has 0 N–H and O–H groups in total. The van der Waals surface area contributed by atoms with Gasteiger partial charge >= 0.3 is 6.09 Å². The van der Waals surface area contributed by atoms with Gasteiger partial charge in [0.1, 0.15) is 0 Å². The maximum atomic E-state index is 12.8. The van der Waals surface area contributed by atoms with Gasteiger partial charge < -0.3 is 9.64 Å². The van der Waals surface area contributed by atoms with Gasteiger partial charge in [0.05, 0.1) is 10.0 Å². The summed E-state index contributed by atoms with van der Waals surface area (Å²) in [5, 5.41) is 0.974. The van der Waals surface area contributed by atoms with E-state index in [9.17, 15) is 14.4 Å². The van der Waals surface area contributed by atoms with Crippen LogP contribution in [0.3, 0.4) is 0 Å². The lowest BCUT2D eigenvalue weighted by atomic mass is 10.0. The van der Waals surface area contributed by atoms with E-state index in [1.807, 2.05) is 18.2 Å². The number of amides is 3. The summed E-state index contributed by atoms with van der Waals surface area (Å²) >= 11 is 12.0. The first kappa shape index (κ1) is 19.7. The molecule has 2 aromatic rings. The number of imide groups is 1. The molecule has 8 heteroatoms. The van der Waals surface area contributed by atoms with E-state index in [2.05, 4.69) is 0 Å². The molecular weight excluding hydrogens is 415 g/mol. The molecule has 4 rings (SSSR count). The summed E-state index contributed by atoms with van der Waals surface area (Å²) in [6.45, 7) is 0.771. The Hall–Kier alpha value is -2.57. The van der Waals surface area contributed by atoms with Crippen LogP contribution in [0.25, 0.3) is 11.1 Å². The summed E-state index contributed by atoms with van der Waals surface area (Å²) in [6, 6.07) is 12.5. The van der Waals surface area contributed by atoms with Crippen molar-refractivity contribution in [2.45, 2.75) is 18.9 Å². The Kier molecular flexibility index (Phi) is 5.48. The van der Waals surface area contributed by atoms with E-state index in [1.165, 1.54) is 4.90 Å². The van der Waals surface area contributed by atoms with Crippen LogP contribution in [-0.2, 0) is 9.53 Å². The molecule has 0 saturated carbocycles. The van der Waals surface area contributed by atoms with Gasteiger partial charge in [-0.25, -0.2) is 9.69 Å². The van der Waals surface area contributed by atoms with Crippen molar-refractivity contribution in [3.05, 3.63) is 58.1 Å². The third-order valence-corrected chi connectivity index (χ3v) is 6.03. The predicted octanol–water partition coefficient (Wildman–Crippen LogP) is 4.24. The molecule has 2 aliphatic rings. The van der Waals surface area contributed by atoms with Gasteiger partial charge in [0.25, 0.3) is 11.8 Å². The van der Waals surface area contributed by atoms with E-state index in [-0.39, 0.29) is 24.5 Å². The highest BCUT2D eigenvalue weighted by atomic mass is 35.5. The normalized spacial score (nSPS) is 17.6. The van der Waals surface area contributed by atoms with Crippen molar-refractivity contribution in [2.75, 3.05) is 19.7 Å². The Labute approximate surface area is 177 Å². The molecule has 3 amide bonds. The summed E-state index contributed by atoms with van der Waals surface area (Å²) in [5.74, 6) is -0.378. The van der Waals surface area contributed by atoms with Crippen LogP contribution in [0, 0.1) is 0 Å². The van der Waals surface area contributed by atoms with E-state index in [4.69, 9.17) is 27.9 Å². The van der Waals surface area contributed by atoms with Crippen LogP contribution >= 0.6 is 23.2 Å². The number of hydrogen-bond donors (Lipinski definition) is 0. The number of piperidine rings is 1. The third-order valence-electron chi connectivity index (χ3n) is 5.29. The number of nitrogens with zero attached hydrogens (tertiary/aromatic N) is 2. The lowest BCUT2D eigenvalue weighted by Crippen LogP contribution is -2.48. The quantitative estimate of drug-likeness (QED) is 0.726. The van der Waals surface area contributed by atoms with Crippen molar-refractivity contribution in [1.82, 2.24) is 9.80 Å². The number of carbonyl (C=O) groups is 3. The summed E-state index contributed by atoms with van der Waals surface area (Å²) in [6.07, 6.45) is 0.514. The van der Waals surface area contributed by atoms with Gasteiger partial charge in [-0.2, -0.15) is 0 Å². The number of rotatable bonds is 3. The third kappa shape index (κ3) is 3.95. The molecule has 2 fully saturated rings. The molecule has 2 saturated heterocycles. The average molecular weight is 433 g/mol. The Balaban J connectivity index is 1.40. The zero-order chi connectivity index (χ0) is 20.5. The molecule has 2 heterocycles. The highest BCUT2D eigenvalue weighted by Gasteiger charge is 2.39. The number of hydrogen-bond acceptors (Lipinski definition) is 4. The molecule has 0 unspecified atom stereocenters. The van der Waals surface area contributed by atoms with Crippen LogP contribution in [0.1, 0.15) is 23.2 Å². The fraction of sp³-hybridized carbons (Fsp3) is 0.286. The number of cyclic esters (lactones) is 1. The molecule has 0 atom stereocenters. The van der Waals surface area contributed by atoms with Crippen LogP contribution in [0.4, 0.5) is 4.79 Å². The Morgan fingerprint density at radius 3 is 2.17 bits per heavy atom. The topological polar surface area (TPSA) is 66.9 Å². The molecule has 6 nitrogen and oxygen atoms in total. The SMILES string of the molecule is O=C(c1ccc(-c2ccc(Cl)c(Cl)c2)cc1)N1CCC(N2C(=O)COC2=O)CC1. The van der Waals surface area contributed by atoms with E-state index < -0.39 is 6.09 Å². The van der Waals surface area contributed by atoms with Crippen molar-refractivity contribution < 1.29 is 19.1 Å². The van der Waals surface area contributed by atoms with Crippen molar-refractivity contribution in [2.24, 2.45) is 0 Å². The number of halogens is 2. The van der Waals surface area contributed by atoms with Crippen LogP contribution in [0.5, 0.6) is 0 Å². The summed E-state index contributed by atoms with van der Waals surface area (Å²) in [5.41, 5.74) is 2.44. The molecule has 0 aromatic heterocycles. The van der Waals surface area contributed by atoms with Gasteiger partial charge in [-0.15, -0.1) is 0 Å². The molecule has 0 aliphatic carbocycles. The van der Waals surface area contributed by atoms with Crippen LogP contribution in [-0.4, -0.2) is 53.4 Å². The van der Waals surface area contributed by atoms with Crippen molar-refractivity contribution in [1.29, 1.82) is 0 Å². The van der Waals surface area contributed by atoms with Gasteiger partial charge in [0.2, 0.25) is 0 Å². The fourth-order valence-corrected chi connectivity index (χ4v) is 4.01. The minimum absolute atomic E-state index is 0.0699. The van der Waals surface area contributed by atoms with Gasteiger partial charge in [0.15, 0.2) is 6.61 Å². The molecule has 0 radical (unpaired) electrons. The maximum absolute atomic E-state index is 12.8. The second-order valence-corrected chi connectivity index (χ2v) is 7.86. The van der Waals surface area contributed by atoms with E-state index in [0.717, 1.165) is 11.1 Å². The zero-order valence-electron chi connectivity index (χ0n) is 15.4. The van der Waals surface area contributed by atoms with Crippen LogP contribution in [0.2, 0.25) is 10.0 Å². The second kappa shape index (κ2) is 8.05. The largest absolute Gasteiger partial charge is 0.439 e. The summed E-state index contributed by atoms with van der Waals surface area (Å²) in [7, 11) is 0. The summed E-state index contributed by atoms with van der Waals surface area (Å²) < 4.78 is 4.78. The first-order valence-corrected chi connectivity index (χ1v) is 10.0. The Morgan fingerprint density at radius 1 is 0.931 bits per heavy atom. The van der Waals surface area contributed by atoms with Crippen molar-refractivity contribution >= 4 is 41.1 Å². The number of ether oxygens (including phenoxy) is 1. The second-order valence-electron chi connectivity index (χ2n) is 7.05. The zero-order valence-corrected chi connectivity index (χ0v) is 16.9. The van der Waals surface area contributed by atoms with Crippen LogP contribution in [0.15, 0.2) is 42.5 Å². The summed E-state index contributed by atoms with van der Waals surface area (Å²) in [4.78, 5) is 39.2. The van der Waals surface area contributed by atoms with Crippen molar-refractivity contribution in [3.8, 4) is 11.1 Å². The number of benzene rings is 2.